The molecule has 1 aliphatic carbocycles. The van der Waals surface area contributed by atoms with Crippen molar-refractivity contribution in [2.75, 3.05) is 30.6 Å². The molecule has 26 heavy (non-hydrogen) atoms. The van der Waals surface area contributed by atoms with Crippen molar-refractivity contribution < 1.29 is 9.66 Å². The summed E-state index contributed by atoms with van der Waals surface area (Å²) in [5, 5.41) is 14.3. The number of thioether (sulfide) groups is 1. The van der Waals surface area contributed by atoms with Gasteiger partial charge in [-0.3, -0.25) is 10.1 Å². The van der Waals surface area contributed by atoms with Gasteiger partial charge in [0.1, 0.15) is 11.9 Å². The van der Waals surface area contributed by atoms with Crippen LogP contribution in [0.2, 0.25) is 0 Å². The minimum Gasteiger partial charge on any atom is -0.496 e. The Morgan fingerprint density at radius 3 is 2.85 bits per heavy atom. The molecule has 8 nitrogen and oxygen atoms in total. The molecule has 1 aromatic heterocycles. The van der Waals surface area contributed by atoms with Gasteiger partial charge in [-0.15, -0.1) is 11.8 Å². The fourth-order valence-corrected chi connectivity index (χ4v) is 3.08. The summed E-state index contributed by atoms with van der Waals surface area (Å²) >= 11 is 1.63. The van der Waals surface area contributed by atoms with Crippen molar-refractivity contribution in [2.45, 2.75) is 30.3 Å². The Labute approximate surface area is 156 Å². The van der Waals surface area contributed by atoms with Gasteiger partial charge in [0, 0.05) is 24.5 Å². The molecule has 138 valence electrons. The molecule has 0 spiro atoms. The van der Waals surface area contributed by atoms with E-state index in [1.165, 1.54) is 6.20 Å². The van der Waals surface area contributed by atoms with Crippen molar-refractivity contribution in [3.05, 3.63) is 40.1 Å². The molecular weight excluding hydrogens is 354 g/mol. The Morgan fingerprint density at radius 2 is 2.23 bits per heavy atom. The summed E-state index contributed by atoms with van der Waals surface area (Å²) in [6.45, 7) is 0.561. The quantitative estimate of drug-likeness (QED) is 0.427. The van der Waals surface area contributed by atoms with Crippen LogP contribution in [0.15, 0.2) is 29.3 Å². The van der Waals surface area contributed by atoms with E-state index in [-0.39, 0.29) is 17.5 Å². The molecule has 1 aromatic carbocycles. The Balaban J connectivity index is 1.80. The van der Waals surface area contributed by atoms with Crippen LogP contribution < -0.4 is 15.0 Å². The third kappa shape index (κ3) is 4.16. The highest BCUT2D eigenvalue weighted by atomic mass is 32.2. The van der Waals surface area contributed by atoms with E-state index in [2.05, 4.69) is 15.3 Å². The predicted molar refractivity (Wildman–Crippen MR) is 102 cm³/mol. The molecule has 0 bridgehead atoms. The van der Waals surface area contributed by atoms with Gasteiger partial charge in [0.2, 0.25) is 11.8 Å². The number of benzene rings is 1. The van der Waals surface area contributed by atoms with Gasteiger partial charge in [-0.05, 0) is 36.8 Å². The van der Waals surface area contributed by atoms with Crippen LogP contribution in [0.3, 0.4) is 0 Å². The Kier molecular flexibility index (Phi) is 5.46. The minimum absolute atomic E-state index is 0.0972. The molecule has 0 atom stereocenters. The Bertz CT molecular complexity index is 813. The topological polar surface area (TPSA) is 93.4 Å². The lowest BCUT2D eigenvalue weighted by Gasteiger charge is -2.18. The molecule has 0 unspecified atom stereocenters. The molecule has 1 fully saturated rings. The standard InChI is InChI=1S/C17H21N5O3S/c1-21(10-11-4-7-15(26-3)14(8-11)25-2)17-18-9-13(22(23)24)16(20-17)19-12-5-6-12/h4,7-9,12H,5-6,10H2,1-3H3,(H,18,19,20). The molecule has 1 saturated carbocycles. The van der Waals surface area contributed by atoms with Gasteiger partial charge >= 0.3 is 5.69 Å². The molecule has 1 heterocycles. The number of methoxy groups -OCH3 is 1. The summed E-state index contributed by atoms with van der Waals surface area (Å²) in [5.41, 5.74) is 0.945. The van der Waals surface area contributed by atoms with Crippen LogP contribution in [0.1, 0.15) is 18.4 Å². The van der Waals surface area contributed by atoms with Crippen molar-refractivity contribution in [1.29, 1.82) is 0 Å². The molecule has 2 aromatic rings. The second-order valence-electron chi connectivity index (χ2n) is 6.12. The summed E-state index contributed by atoms with van der Waals surface area (Å²) in [4.78, 5) is 22.2. The highest BCUT2D eigenvalue weighted by Crippen LogP contribution is 2.31. The molecule has 0 aliphatic heterocycles. The lowest BCUT2D eigenvalue weighted by Crippen LogP contribution is -2.20. The lowest BCUT2D eigenvalue weighted by atomic mass is 10.2. The van der Waals surface area contributed by atoms with Gasteiger partial charge in [0.15, 0.2) is 0 Å². The third-order valence-corrected chi connectivity index (χ3v) is 4.86. The normalized spacial score (nSPS) is 13.3. The highest BCUT2D eigenvalue weighted by molar-refractivity contribution is 7.98. The van der Waals surface area contributed by atoms with Gasteiger partial charge in [-0.2, -0.15) is 4.98 Å². The first-order chi connectivity index (χ1) is 12.5. The maximum atomic E-state index is 11.2. The van der Waals surface area contributed by atoms with Crippen LogP contribution >= 0.6 is 11.8 Å². The van der Waals surface area contributed by atoms with E-state index < -0.39 is 4.92 Å². The van der Waals surface area contributed by atoms with Crippen LogP contribution in [-0.2, 0) is 6.54 Å². The SMILES string of the molecule is COc1cc(CN(C)c2ncc([N+](=O)[O-])c(NC3CC3)n2)ccc1SC. The number of nitro groups is 1. The van der Waals surface area contributed by atoms with Crippen LogP contribution in [0.4, 0.5) is 17.5 Å². The fraction of sp³-hybridized carbons (Fsp3) is 0.412. The number of anilines is 2. The average Bonchev–Trinajstić information content (AvgIpc) is 3.45. The van der Waals surface area contributed by atoms with Gasteiger partial charge in [0.05, 0.1) is 12.0 Å². The molecule has 0 saturated heterocycles. The number of nitrogens with zero attached hydrogens (tertiary/aromatic N) is 4. The van der Waals surface area contributed by atoms with E-state index in [1.54, 1.807) is 18.9 Å². The first kappa shape index (κ1) is 18.2. The molecule has 1 N–H and O–H groups in total. The average molecular weight is 375 g/mol. The summed E-state index contributed by atoms with van der Waals surface area (Å²) in [6, 6.07) is 6.30. The van der Waals surface area contributed by atoms with Crippen molar-refractivity contribution in [2.24, 2.45) is 0 Å². The Morgan fingerprint density at radius 1 is 1.46 bits per heavy atom. The monoisotopic (exact) mass is 375 g/mol. The maximum Gasteiger partial charge on any atom is 0.329 e. The molecule has 1 aliphatic rings. The molecular formula is C17H21N5O3S. The number of nitrogens with one attached hydrogen (secondary N) is 1. The summed E-state index contributed by atoms with van der Waals surface area (Å²) in [6.07, 6.45) is 5.28. The maximum absolute atomic E-state index is 11.2. The predicted octanol–water partition coefficient (Wildman–Crippen LogP) is 3.33. The molecule has 0 amide bonds. The van der Waals surface area contributed by atoms with Crippen molar-refractivity contribution in [3.63, 3.8) is 0 Å². The number of hydrogen-bond donors (Lipinski definition) is 1. The van der Waals surface area contributed by atoms with E-state index >= 15 is 0 Å². The zero-order chi connectivity index (χ0) is 18.7. The lowest BCUT2D eigenvalue weighted by molar-refractivity contribution is -0.384. The van der Waals surface area contributed by atoms with Crippen LogP contribution in [0, 0.1) is 10.1 Å². The van der Waals surface area contributed by atoms with Crippen LogP contribution in [-0.4, -0.2) is 41.3 Å². The number of rotatable bonds is 8. The zero-order valence-corrected chi connectivity index (χ0v) is 15.7. The zero-order valence-electron chi connectivity index (χ0n) is 14.9. The van der Waals surface area contributed by atoms with Crippen molar-refractivity contribution >= 4 is 29.2 Å². The van der Waals surface area contributed by atoms with E-state index in [1.807, 2.05) is 36.4 Å². The van der Waals surface area contributed by atoms with Crippen LogP contribution in [0.25, 0.3) is 0 Å². The van der Waals surface area contributed by atoms with E-state index in [4.69, 9.17) is 4.74 Å². The van der Waals surface area contributed by atoms with Gasteiger partial charge in [-0.1, -0.05) is 6.07 Å². The van der Waals surface area contributed by atoms with Crippen molar-refractivity contribution in [1.82, 2.24) is 9.97 Å². The fourth-order valence-electron chi connectivity index (χ4n) is 2.53. The van der Waals surface area contributed by atoms with E-state index in [0.717, 1.165) is 29.1 Å². The number of aromatic nitrogens is 2. The largest absolute Gasteiger partial charge is 0.496 e. The molecule has 9 heteroatoms. The van der Waals surface area contributed by atoms with Crippen LogP contribution in [0.5, 0.6) is 5.75 Å². The highest BCUT2D eigenvalue weighted by Gasteiger charge is 2.27. The first-order valence-electron chi connectivity index (χ1n) is 8.22. The number of ether oxygens (including phenoxy) is 1. The second-order valence-corrected chi connectivity index (χ2v) is 6.97. The van der Waals surface area contributed by atoms with E-state index in [0.29, 0.717) is 12.5 Å². The summed E-state index contributed by atoms with van der Waals surface area (Å²) < 4.78 is 5.42. The van der Waals surface area contributed by atoms with Crippen molar-refractivity contribution in [3.8, 4) is 5.75 Å². The Hall–Kier alpha value is -2.55. The van der Waals surface area contributed by atoms with E-state index in [9.17, 15) is 10.1 Å². The first-order valence-corrected chi connectivity index (χ1v) is 9.44. The summed E-state index contributed by atoms with van der Waals surface area (Å²) in [5.74, 6) is 1.54. The van der Waals surface area contributed by atoms with Gasteiger partial charge in [0.25, 0.3) is 0 Å². The third-order valence-electron chi connectivity index (χ3n) is 4.08. The second kappa shape index (κ2) is 7.77. The van der Waals surface area contributed by atoms with Gasteiger partial charge < -0.3 is 15.0 Å². The molecule has 0 radical (unpaired) electrons. The van der Waals surface area contributed by atoms with Gasteiger partial charge in [-0.25, -0.2) is 4.98 Å². The smallest absolute Gasteiger partial charge is 0.329 e. The number of hydrogen-bond acceptors (Lipinski definition) is 8. The summed E-state index contributed by atoms with van der Waals surface area (Å²) in [7, 11) is 3.51. The minimum atomic E-state index is -0.458. The molecule has 3 rings (SSSR count).